The van der Waals surface area contributed by atoms with E-state index in [2.05, 4.69) is 0 Å². The third-order valence-corrected chi connectivity index (χ3v) is 11.1. The second kappa shape index (κ2) is 22.2. The van der Waals surface area contributed by atoms with Crippen molar-refractivity contribution in [1.29, 1.82) is 0 Å². The first-order valence-corrected chi connectivity index (χ1v) is 21.4. The number of esters is 5. The van der Waals surface area contributed by atoms with Gasteiger partial charge in [-0.1, -0.05) is 60.7 Å². The SMILES string of the molecule is COc1ccc(COC[C@H]2O[C@H](OC)[C@H](OC(=O)c3ccccc3)[C@@H](OC(=O)c3ccccc3)[C@H]2O[C@@H]2O[C@H](COC(C)=O)[C@H](OC(C)=O)[C@H](OC(C)=O)[C@H]2N2C(=O)c3ccccc3C2=O)cc1. The molecule has 7 rings (SSSR count). The van der Waals surface area contributed by atoms with Gasteiger partial charge in [-0.05, 0) is 54.1 Å². The molecule has 0 N–H and O–H groups in total. The van der Waals surface area contributed by atoms with Crippen LogP contribution in [0.3, 0.4) is 0 Å². The highest BCUT2D eigenvalue weighted by Crippen LogP contribution is 2.39. The van der Waals surface area contributed by atoms with Gasteiger partial charge in [-0.25, -0.2) is 9.59 Å². The lowest BCUT2D eigenvalue weighted by molar-refractivity contribution is -0.348. The van der Waals surface area contributed by atoms with E-state index in [1.165, 1.54) is 50.6 Å². The zero-order chi connectivity index (χ0) is 48.5. The van der Waals surface area contributed by atoms with Crippen LogP contribution in [-0.2, 0) is 68.4 Å². The Morgan fingerprint density at radius 2 is 1.06 bits per heavy atom. The number of carbonyl (C=O) groups excluding carboxylic acids is 7. The molecule has 4 aromatic carbocycles. The lowest BCUT2D eigenvalue weighted by atomic mass is 9.93. The summed E-state index contributed by atoms with van der Waals surface area (Å²) in [5.74, 6) is -5.46. The van der Waals surface area contributed by atoms with E-state index in [0.29, 0.717) is 5.75 Å². The first kappa shape index (κ1) is 48.9. The Morgan fingerprint density at radius 3 is 1.59 bits per heavy atom. The van der Waals surface area contributed by atoms with E-state index in [1.54, 1.807) is 72.8 Å². The molecule has 0 unspecified atom stereocenters. The Bertz CT molecular complexity index is 2410. The molecule has 3 aliphatic rings. The fourth-order valence-electron chi connectivity index (χ4n) is 8.07. The maximum absolute atomic E-state index is 14.4. The lowest BCUT2D eigenvalue weighted by Gasteiger charge is -2.50. The van der Waals surface area contributed by atoms with Crippen LogP contribution in [0.4, 0.5) is 0 Å². The summed E-state index contributed by atoms with van der Waals surface area (Å²) < 4.78 is 66.3. The second-order valence-corrected chi connectivity index (χ2v) is 15.7. The molecule has 0 aromatic heterocycles. The monoisotopic (exact) mass is 939 g/mol. The number of amides is 2. The van der Waals surface area contributed by atoms with Crippen LogP contribution in [0.15, 0.2) is 109 Å². The first-order chi connectivity index (χ1) is 32.8. The van der Waals surface area contributed by atoms with Gasteiger partial charge in [0.1, 0.15) is 36.7 Å². The fraction of sp³-hybridized carbons (Fsp3) is 0.367. The van der Waals surface area contributed by atoms with Crippen molar-refractivity contribution in [2.24, 2.45) is 0 Å². The number of hydrogen-bond donors (Lipinski definition) is 0. The van der Waals surface area contributed by atoms with Crippen LogP contribution in [-0.4, -0.2) is 135 Å². The number of fused-ring (bicyclic) bond motifs is 1. The van der Waals surface area contributed by atoms with Gasteiger partial charge in [0.2, 0.25) is 0 Å². The van der Waals surface area contributed by atoms with E-state index in [9.17, 15) is 33.6 Å². The van der Waals surface area contributed by atoms with Gasteiger partial charge >= 0.3 is 29.8 Å². The summed E-state index contributed by atoms with van der Waals surface area (Å²) >= 11 is 0. The Kier molecular flexibility index (Phi) is 15.9. The maximum Gasteiger partial charge on any atom is 0.338 e. The number of ether oxygens (including phenoxy) is 11. The Balaban J connectivity index is 1.37. The minimum atomic E-state index is -1.92. The molecule has 19 nitrogen and oxygen atoms in total. The topological polar surface area (TPSA) is 224 Å². The third kappa shape index (κ3) is 11.2. The van der Waals surface area contributed by atoms with Crippen LogP contribution >= 0.6 is 0 Å². The van der Waals surface area contributed by atoms with Crippen molar-refractivity contribution in [3.63, 3.8) is 0 Å². The molecule has 2 fully saturated rings. The van der Waals surface area contributed by atoms with Gasteiger partial charge in [-0.3, -0.25) is 28.9 Å². The molecule has 4 aromatic rings. The highest BCUT2D eigenvalue weighted by molar-refractivity contribution is 6.21. The molecule has 0 saturated carbocycles. The van der Waals surface area contributed by atoms with Gasteiger partial charge in [0.25, 0.3) is 11.8 Å². The summed E-state index contributed by atoms with van der Waals surface area (Å²) in [6.45, 7) is 2.30. The summed E-state index contributed by atoms with van der Waals surface area (Å²) in [7, 11) is 2.81. The fourth-order valence-corrected chi connectivity index (χ4v) is 8.07. The molecule has 2 amide bonds. The molecule has 3 aliphatic heterocycles. The predicted octanol–water partition coefficient (Wildman–Crippen LogP) is 4.24. The summed E-state index contributed by atoms with van der Waals surface area (Å²) in [6.07, 6.45) is -14.5. The number of benzene rings is 4. The molecule has 2 saturated heterocycles. The highest BCUT2D eigenvalue weighted by atomic mass is 16.8. The smallest absolute Gasteiger partial charge is 0.338 e. The van der Waals surface area contributed by atoms with E-state index in [0.717, 1.165) is 31.2 Å². The van der Waals surface area contributed by atoms with Crippen molar-refractivity contribution in [3.05, 3.63) is 137 Å². The van der Waals surface area contributed by atoms with Crippen LogP contribution in [0.2, 0.25) is 0 Å². The van der Waals surface area contributed by atoms with Crippen LogP contribution in [0.1, 0.15) is 67.8 Å². The largest absolute Gasteiger partial charge is 0.497 e. The predicted molar refractivity (Wildman–Crippen MR) is 232 cm³/mol. The third-order valence-electron chi connectivity index (χ3n) is 11.1. The molecule has 358 valence electrons. The minimum absolute atomic E-state index is 0.00968. The molecule has 68 heavy (non-hydrogen) atoms. The molecule has 0 bridgehead atoms. The number of methoxy groups -OCH3 is 2. The van der Waals surface area contributed by atoms with E-state index in [4.69, 9.17) is 52.1 Å². The number of hydrogen-bond acceptors (Lipinski definition) is 18. The summed E-state index contributed by atoms with van der Waals surface area (Å²) in [5, 5.41) is 0. The zero-order valence-corrected chi connectivity index (χ0v) is 37.6. The molecular formula is C49H49NO18. The standard InChI is InChI=1S/C49H49NO18/c1-27(51)61-26-37-39(62-28(2)52)41(63-29(3)53)38(50-44(54)34-18-12-13-19-35(34)45(50)55)48(64-37)68-40-36(25-60-24-30-20-22-33(58-4)23-21-30)65-49(59-5)43(67-47(57)32-16-10-7-11-17-32)42(40)66-46(56)31-14-8-6-9-15-31/h6-23,36-43,48-49H,24-26H2,1-5H3/t36-,37-,38-,39+,40+,41-,42+,43-,48+,49+/m1/s1. The first-order valence-electron chi connectivity index (χ1n) is 21.4. The quantitative estimate of drug-likeness (QED) is 0.0820. The molecule has 10 atom stereocenters. The van der Waals surface area contributed by atoms with E-state index in [-0.39, 0.29) is 35.5 Å². The summed E-state index contributed by atoms with van der Waals surface area (Å²) in [4.78, 5) is 95.7. The average Bonchev–Trinajstić information content (AvgIpc) is 3.58. The zero-order valence-electron chi connectivity index (χ0n) is 37.6. The van der Waals surface area contributed by atoms with Crippen molar-refractivity contribution in [2.75, 3.05) is 27.4 Å². The van der Waals surface area contributed by atoms with Crippen LogP contribution in [0, 0.1) is 0 Å². The normalized spacial score (nSPS) is 25.4. The van der Waals surface area contributed by atoms with E-state index < -0.39 is 110 Å². The Morgan fingerprint density at radius 1 is 0.544 bits per heavy atom. The molecule has 3 heterocycles. The minimum Gasteiger partial charge on any atom is -0.497 e. The Labute approximate surface area is 390 Å². The summed E-state index contributed by atoms with van der Waals surface area (Å²) in [6, 6.07) is 27.0. The number of rotatable bonds is 17. The maximum atomic E-state index is 14.4. The number of imide groups is 1. The Hall–Kier alpha value is -7.03. The van der Waals surface area contributed by atoms with Crippen molar-refractivity contribution in [2.45, 2.75) is 88.7 Å². The van der Waals surface area contributed by atoms with Crippen LogP contribution in [0.5, 0.6) is 5.75 Å². The van der Waals surface area contributed by atoms with Crippen molar-refractivity contribution in [1.82, 2.24) is 4.90 Å². The lowest BCUT2D eigenvalue weighted by Crippen LogP contribution is -2.70. The average molecular weight is 940 g/mol. The van der Waals surface area contributed by atoms with Gasteiger partial charge in [0, 0.05) is 27.9 Å². The van der Waals surface area contributed by atoms with Crippen LogP contribution in [0.25, 0.3) is 0 Å². The molecular weight excluding hydrogens is 891 g/mol. The van der Waals surface area contributed by atoms with Gasteiger partial charge in [0.15, 0.2) is 37.0 Å². The second-order valence-electron chi connectivity index (χ2n) is 15.7. The molecule has 0 radical (unpaired) electrons. The van der Waals surface area contributed by atoms with Gasteiger partial charge < -0.3 is 52.1 Å². The van der Waals surface area contributed by atoms with Crippen molar-refractivity contribution >= 4 is 41.7 Å². The molecule has 0 aliphatic carbocycles. The van der Waals surface area contributed by atoms with Gasteiger partial charge in [0.05, 0.1) is 42.6 Å². The van der Waals surface area contributed by atoms with Crippen LogP contribution < -0.4 is 4.74 Å². The number of nitrogens with zero attached hydrogens (tertiary/aromatic N) is 1. The molecule has 19 heteroatoms. The van der Waals surface area contributed by atoms with Gasteiger partial charge in [-0.2, -0.15) is 0 Å². The van der Waals surface area contributed by atoms with Crippen molar-refractivity contribution < 1.29 is 85.7 Å². The highest BCUT2D eigenvalue weighted by Gasteiger charge is 2.60. The van der Waals surface area contributed by atoms with E-state index >= 15 is 0 Å². The summed E-state index contributed by atoms with van der Waals surface area (Å²) in [5.41, 5.74) is 0.902. The van der Waals surface area contributed by atoms with E-state index in [1.807, 2.05) is 0 Å². The number of carbonyl (C=O) groups is 7. The van der Waals surface area contributed by atoms with Crippen molar-refractivity contribution in [3.8, 4) is 5.75 Å². The van der Waals surface area contributed by atoms with Gasteiger partial charge in [-0.15, -0.1) is 0 Å². The molecule has 0 spiro atoms.